The van der Waals surface area contributed by atoms with Crippen LogP contribution in [0.4, 0.5) is 0 Å². The largest absolute Gasteiger partial charge is 0.271 e. The molecule has 1 aromatic heterocycles. The Labute approximate surface area is 118 Å². The van der Waals surface area contributed by atoms with Gasteiger partial charge in [-0.2, -0.15) is 0 Å². The monoisotopic (exact) mass is 330 g/mol. The Morgan fingerprint density at radius 1 is 1.29 bits per heavy atom. The third-order valence-corrected chi connectivity index (χ3v) is 4.64. The van der Waals surface area contributed by atoms with Crippen molar-refractivity contribution in [1.29, 1.82) is 0 Å². The fourth-order valence-corrected chi connectivity index (χ4v) is 3.21. The number of halogens is 2. The molecule has 90 valence electrons. The van der Waals surface area contributed by atoms with Crippen molar-refractivity contribution >= 4 is 38.9 Å². The van der Waals surface area contributed by atoms with E-state index < -0.39 is 0 Å². The summed E-state index contributed by atoms with van der Waals surface area (Å²) in [6.45, 7) is 0. The van der Waals surface area contributed by atoms with E-state index in [1.54, 1.807) is 11.3 Å². The lowest BCUT2D eigenvalue weighted by Gasteiger charge is -2.15. The zero-order valence-corrected chi connectivity index (χ0v) is 12.1. The van der Waals surface area contributed by atoms with Gasteiger partial charge < -0.3 is 0 Å². The summed E-state index contributed by atoms with van der Waals surface area (Å²) in [6.07, 6.45) is 0.828. The second-order valence-corrected chi connectivity index (χ2v) is 6.26. The fraction of sp³-hybridized carbons (Fsp3) is 0.167. The van der Waals surface area contributed by atoms with Gasteiger partial charge in [0.2, 0.25) is 0 Å². The fourth-order valence-electron chi connectivity index (χ4n) is 1.64. The number of hydrogen-bond donors (Lipinski definition) is 2. The summed E-state index contributed by atoms with van der Waals surface area (Å²) in [7, 11) is 0. The Morgan fingerprint density at radius 3 is 2.65 bits per heavy atom. The summed E-state index contributed by atoms with van der Waals surface area (Å²) in [5, 5.41) is 0. The first-order chi connectivity index (χ1) is 8.20. The van der Waals surface area contributed by atoms with Gasteiger partial charge in [-0.3, -0.25) is 11.3 Å². The van der Waals surface area contributed by atoms with Crippen LogP contribution in [0.2, 0.25) is 4.34 Å². The zero-order chi connectivity index (χ0) is 12.3. The van der Waals surface area contributed by atoms with E-state index in [0.29, 0.717) is 0 Å². The molecule has 2 rings (SSSR count). The maximum Gasteiger partial charge on any atom is 0.0931 e. The molecule has 0 aliphatic carbocycles. The van der Waals surface area contributed by atoms with Crippen molar-refractivity contribution in [2.75, 3.05) is 0 Å². The van der Waals surface area contributed by atoms with E-state index >= 15 is 0 Å². The number of benzene rings is 1. The van der Waals surface area contributed by atoms with Gasteiger partial charge in [-0.1, -0.05) is 45.7 Å². The molecule has 2 nitrogen and oxygen atoms in total. The Balaban J connectivity index is 2.18. The minimum atomic E-state index is 0.0891. The van der Waals surface area contributed by atoms with Crippen LogP contribution in [-0.4, -0.2) is 0 Å². The van der Waals surface area contributed by atoms with Crippen LogP contribution in [0.25, 0.3) is 0 Å². The highest BCUT2D eigenvalue weighted by molar-refractivity contribution is 9.10. The third kappa shape index (κ3) is 3.30. The Bertz CT molecular complexity index is 501. The highest BCUT2D eigenvalue weighted by atomic mass is 79.9. The number of hydrazine groups is 1. The predicted molar refractivity (Wildman–Crippen MR) is 77.2 cm³/mol. The minimum Gasteiger partial charge on any atom is -0.271 e. The molecule has 1 atom stereocenters. The van der Waals surface area contributed by atoms with Crippen LogP contribution >= 0.6 is 38.9 Å². The van der Waals surface area contributed by atoms with Crippen molar-refractivity contribution in [2.24, 2.45) is 5.84 Å². The van der Waals surface area contributed by atoms with E-state index in [-0.39, 0.29) is 6.04 Å². The summed E-state index contributed by atoms with van der Waals surface area (Å²) in [5.41, 5.74) is 4.06. The maximum absolute atomic E-state index is 5.94. The van der Waals surface area contributed by atoms with E-state index in [0.717, 1.165) is 20.1 Å². The van der Waals surface area contributed by atoms with Crippen molar-refractivity contribution in [2.45, 2.75) is 12.5 Å². The smallest absolute Gasteiger partial charge is 0.0931 e. The van der Waals surface area contributed by atoms with Crippen molar-refractivity contribution in [3.8, 4) is 0 Å². The summed E-state index contributed by atoms with van der Waals surface area (Å²) in [5.74, 6) is 5.61. The predicted octanol–water partition coefficient (Wildman–Crippen LogP) is 3.91. The molecule has 1 aromatic carbocycles. The van der Waals surface area contributed by atoms with Crippen molar-refractivity contribution in [3.05, 3.63) is 55.6 Å². The van der Waals surface area contributed by atoms with Gasteiger partial charge in [0.15, 0.2) is 0 Å². The summed E-state index contributed by atoms with van der Waals surface area (Å²) >= 11 is 11.0. The molecule has 0 saturated carbocycles. The zero-order valence-electron chi connectivity index (χ0n) is 8.99. The van der Waals surface area contributed by atoms with Crippen LogP contribution in [0.3, 0.4) is 0 Å². The van der Waals surface area contributed by atoms with E-state index in [9.17, 15) is 0 Å². The molecule has 0 aliphatic heterocycles. The van der Waals surface area contributed by atoms with Gasteiger partial charge >= 0.3 is 0 Å². The van der Waals surface area contributed by atoms with Crippen molar-refractivity contribution in [3.63, 3.8) is 0 Å². The van der Waals surface area contributed by atoms with E-state index in [1.165, 1.54) is 5.56 Å². The summed E-state index contributed by atoms with van der Waals surface area (Å²) in [6, 6.07) is 12.1. The molecule has 0 radical (unpaired) electrons. The van der Waals surface area contributed by atoms with Crippen LogP contribution in [0.15, 0.2) is 40.9 Å². The van der Waals surface area contributed by atoms with Crippen LogP contribution in [0.1, 0.15) is 16.5 Å². The Hall–Kier alpha value is -0.390. The second kappa shape index (κ2) is 5.98. The lowest BCUT2D eigenvalue weighted by atomic mass is 10.1. The average Bonchev–Trinajstić information content (AvgIpc) is 2.75. The van der Waals surface area contributed by atoms with E-state index in [4.69, 9.17) is 17.4 Å². The minimum absolute atomic E-state index is 0.0891. The molecule has 3 N–H and O–H groups in total. The SMILES string of the molecule is NNC(Cc1ccccc1Br)c1ccc(Cl)s1. The molecule has 0 fully saturated rings. The summed E-state index contributed by atoms with van der Waals surface area (Å²) in [4.78, 5) is 1.15. The Morgan fingerprint density at radius 2 is 2.06 bits per heavy atom. The van der Waals surface area contributed by atoms with Gasteiger partial charge in [-0.15, -0.1) is 11.3 Å². The normalized spacial score (nSPS) is 12.6. The number of rotatable bonds is 4. The molecule has 0 amide bonds. The van der Waals surface area contributed by atoms with Gasteiger partial charge in [-0.25, -0.2) is 0 Å². The maximum atomic E-state index is 5.94. The number of thiophene rings is 1. The summed E-state index contributed by atoms with van der Waals surface area (Å²) < 4.78 is 1.88. The standard InChI is InChI=1S/C12H12BrClN2S/c13-9-4-2-1-3-8(9)7-10(16-15)11-5-6-12(14)17-11/h1-6,10,16H,7,15H2. The molecular formula is C12H12BrClN2S. The van der Waals surface area contributed by atoms with Gasteiger partial charge in [0.1, 0.15) is 0 Å². The number of nitrogens with two attached hydrogens (primary N) is 1. The van der Waals surface area contributed by atoms with Crippen molar-refractivity contribution < 1.29 is 0 Å². The highest BCUT2D eigenvalue weighted by Crippen LogP contribution is 2.30. The molecule has 17 heavy (non-hydrogen) atoms. The van der Waals surface area contributed by atoms with Gasteiger partial charge in [0.05, 0.1) is 10.4 Å². The molecule has 0 bridgehead atoms. The van der Waals surface area contributed by atoms with Gasteiger partial charge in [0, 0.05) is 9.35 Å². The second-order valence-electron chi connectivity index (χ2n) is 3.66. The van der Waals surface area contributed by atoms with Crippen LogP contribution in [-0.2, 0) is 6.42 Å². The van der Waals surface area contributed by atoms with Crippen LogP contribution in [0, 0.1) is 0 Å². The molecule has 2 aromatic rings. The first kappa shape index (κ1) is 13.1. The lowest BCUT2D eigenvalue weighted by Crippen LogP contribution is -2.29. The van der Waals surface area contributed by atoms with Gasteiger partial charge in [-0.05, 0) is 30.2 Å². The average molecular weight is 332 g/mol. The first-order valence-electron chi connectivity index (χ1n) is 5.15. The number of hydrogen-bond acceptors (Lipinski definition) is 3. The van der Waals surface area contributed by atoms with Crippen molar-refractivity contribution in [1.82, 2.24) is 5.43 Å². The van der Waals surface area contributed by atoms with E-state index in [2.05, 4.69) is 27.4 Å². The topological polar surface area (TPSA) is 38.0 Å². The van der Waals surface area contributed by atoms with Gasteiger partial charge in [0.25, 0.3) is 0 Å². The Kier molecular flexibility index (Phi) is 4.59. The van der Waals surface area contributed by atoms with Crippen LogP contribution < -0.4 is 11.3 Å². The molecular weight excluding hydrogens is 320 g/mol. The third-order valence-electron chi connectivity index (χ3n) is 2.52. The molecule has 5 heteroatoms. The molecule has 1 heterocycles. The highest BCUT2D eigenvalue weighted by Gasteiger charge is 2.14. The quantitative estimate of drug-likeness (QED) is 0.658. The van der Waals surface area contributed by atoms with E-state index in [1.807, 2.05) is 30.3 Å². The molecule has 1 unspecified atom stereocenters. The van der Waals surface area contributed by atoms with Crippen LogP contribution in [0.5, 0.6) is 0 Å². The molecule has 0 aliphatic rings. The lowest BCUT2D eigenvalue weighted by molar-refractivity contribution is 0.560. The molecule has 0 saturated heterocycles. The number of nitrogens with one attached hydrogen (secondary N) is 1. The molecule has 0 spiro atoms. The first-order valence-corrected chi connectivity index (χ1v) is 7.14.